The maximum Gasteiger partial charge on any atom is 0.339 e. The molecule has 1 atom stereocenters. The normalized spacial score (nSPS) is 15.9. The molecule has 0 aliphatic carbocycles. The Morgan fingerprint density at radius 3 is 2.66 bits per heavy atom. The van der Waals surface area contributed by atoms with Crippen molar-refractivity contribution in [2.45, 2.75) is 25.8 Å². The van der Waals surface area contributed by atoms with Crippen LogP contribution < -0.4 is 10.2 Å². The van der Waals surface area contributed by atoms with Crippen LogP contribution in [0, 0.1) is 0 Å². The Hall–Kier alpha value is -3.33. The Morgan fingerprint density at radius 1 is 1.25 bits per heavy atom. The molecule has 32 heavy (non-hydrogen) atoms. The minimum absolute atomic E-state index is 0.0617. The van der Waals surface area contributed by atoms with Crippen molar-refractivity contribution in [3.05, 3.63) is 53.2 Å². The van der Waals surface area contributed by atoms with Crippen molar-refractivity contribution in [3.8, 4) is 0 Å². The molecule has 1 aliphatic heterocycles. The summed E-state index contributed by atoms with van der Waals surface area (Å²) in [6, 6.07) is 10.0. The number of esters is 1. The molecule has 10 heteroatoms. The van der Waals surface area contributed by atoms with Gasteiger partial charge >= 0.3 is 18.0 Å². The highest BCUT2D eigenvalue weighted by Crippen LogP contribution is 2.29. The number of carbonyl (C=O) groups excluding carboxylic acids is 2. The van der Waals surface area contributed by atoms with Gasteiger partial charge < -0.3 is 25.0 Å². The second-order valence-corrected chi connectivity index (χ2v) is 7.68. The molecular formula is C22H25ClN4O5. The number of piperazine rings is 1. The summed E-state index contributed by atoms with van der Waals surface area (Å²) in [6.45, 7) is 3.08. The van der Waals surface area contributed by atoms with Crippen molar-refractivity contribution in [2.24, 2.45) is 0 Å². The SMILES string of the molecule is CCOC(=O)c1cnc(N2CCN(C(=O)Nc3ccccc3)CC2CCC(=O)O)c(Cl)c1. The molecule has 9 nitrogen and oxygen atoms in total. The van der Waals surface area contributed by atoms with E-state index in [2.05, 4.69) is 10.3 Å². The summed E-state index contributed by atoms with van der Waals surface area (Å²) in [5.74, 6) is -0.996. The van der Waals surface area contributed by atoms with Gasteiger partial charge in [-0.25, -0.2) is 14.6 Å². The number of carbonyl (C=O) groups is 3. The first-order valence-electron chi connectivity index (χ1n) is 10.3. The van der Waals surface area contributed by atoms with Crippen LogP contribution in [0.4, 0.5) is 16.3 Å². The molecule has 2 N–H and O–H groups in total. The zero-order valence-corrected chi connectivity index (χ0v) is 18.4. The predicted octanol–water partition coefficient (Wildman–Crippen LogP) is 3.50. The van der Waals surface area contributed by atoms with E-state index in [1.54, 1.807) is 24.0 Å². The highest BCUT2D eigenvalue weighted by atomic mass is 35.5. The van der Waals surface area contributed by atoms with Gasteiger partial charge in [-0.1, -0.05) is 29.8 Å². The van der Waals surface area contributed by atoms with Crippen LogP contribution in [0.25, 0.3) is 0 Å². The smallest absolute Gasteiger partial charge is 0.339 e. The molecule has 1 aliphatic rings. The molecule has 2 amide bonds. The summed E-state index contributed by atoms with van der Waals surface area (Å²) >= 11 is 6.42. The number of hydrogen-bond donors (Lipinski definition) is 2. The van der Waals surface area contributed by atoms with Gasteiger partial charge in [0, 0.05) is 44.0 Å². The van der Waals surface area contributed by atoms with E-state index in [9.17, 15) is 14.4 Å². The standard InChI is InChI=1S/C22H25ClN4O5/c1-2-32-21(30)15-12-18(23)20(24-13-15)27-11-10-26(14-17(27)8-9-19(28)29)22(31)25-16-6-4-3-5-7-16/h3-7,12-13,17H,2,8-11,14H2,1H3,(H,25,31)(H,28,29). The maximum atomic E-state index is 12.7. The fourth-order valence-corrected chi connectivity index (χ4v) is 3.82. The molecule has 170 valence electrons. The highest BCUT2D eigenvalue weighted by molar-refractivity contribution is 6.33. The summed E-state index contributed by atoms with van der Waals surface area (Å²) in [4.78, 5) is 43.8. The summed E-state index contributed by atoms with van der Waals surface area (Å²) in [7, 11) is 0. The van der Waals surface area contributed by atoms with Gasteiger partial charge in [-0.2, -0.15) is 0 Å². The van der Waals surface area contributed by atoms with Crippen LogP contribution in [-0.4, -0.2) is 65.2 Å². The van der Waals surface area contributed by atoms with E-state index in [0.717, 1.165) is 0 Å². The van der Waals surface area contributed by atoms with Crippen molar-refractivity contribution in [1.29, 1.82) is 0 Å². The number of urea groups is 1. The number of carboxylic acids is 1. The van der Waals surface area contributed by atoms with E-state index < -0.39 is 11.9 Å². The summed E-state index contributed by atoms with van der Waals surface area (Å²) in [5.41, 5.74) is 0.921. The lowest BCUT2D eigenvalue weighted by Crippen LogP contribution is -2.56. The molecule has 2 aromatic rings. The van der Waals surface area contributed by atoms with E-state index in [0.29, 0.717) is 37.6 Å². The van der Waals surface area contributed by atoms with Crippen molar-refractivity contribution in [1.82, 2.24) is 9.88 Å². The molecule has 1 fully saturated rings. The zero-order chi connectivity index (χ0) is 23.1. The average Bonchev–Trinajstić information content (AvgIpc) is 2.78. The van der Waals surface area contributed by atoms with Gasteiger partial charge in [0.25, 0.3) is 0 Å². The number of para-hydroxylation sites is 1. The lowest BCUT2D eigenvalue weighted by molar-refractivity contribution is -0.137. The monoisotopic (exact) mass is 460 g/mol. The van der Waals surface area contributed by atoms with Gasteiger partial charge in [-0.3, -0.25) is 4.79 Å². The number of aliphatic carboxylic acids is 1. The van der Waals surface area contributed by atoms with Gasteiger partial charge in [-0.05, 0) is 31.5 Å². The Labute approximate surface area is 190 Å². The first-order valence-corrected chi connectivity index (χ1v) is 10.7. The van der Waals surface area contributed by atoms with Crippen molar-refractivity contribution >= 4 is 41.1 Å². The Balaban J connectivity index is 1.76. The third-order valence-electron chi connectivity index (χ3n) is 5.09. The molecule has 0 saturated carbocycles. The first-order chi connectivity index (χ1) is 15.4. The fraction of sp³-hybridized carbons (Fsp3) is 0.364. The third kappa shape index (κ3) is 5.88. The topological polar surface area (TPSA) is 112 Å². The van der Waals surface area contributed by atoms with Gasteiger partial charge in [0.05, 0.1) is 17.2 Å². The third-order valence-corrected chi connectivity index (χ3v) is 5.37. The Morgan fingerprint density at radius 2 is 2.00 bits per heavy atom. The second kappa shape index (κ2) is 10.8. The molecule has 1 aromatic carbocycles. The van der Waals surface area contributed by atoms with Gasteiger partial charge in [-0.15, -0.1) is 0 Å². The molecule has 0 radical (unpaired) electrons. The highest BCUT2D eigenvalue weighted by Gasteiger charge is 2.32. The van der Waals surface area contributed by atoms with Crippen molar-refractivity contribution in [3.63, 3.8) is 0 Å². The van der Waals surface area contributed by atoms with Crippen molar-refractivity contribution in [2.75, 3.05) is 36.5 Å². The average molecular weight is 461 g/mol. The van der Waals surface area contributed by atoms with E-state index in [-0.39, 0.29) is 35.7 Å². The molecule has 1 saturated heterocycles. The number of benzene rings is 1. The van der Waals surface area contributed by atoms with Crippen LogP contribution in [0.5, 0.6) is 0 Å². The molecule has 1 unspecified atom stereocenters. The van der Waals surface area contributed by atoms with E-state index in [4.69, 9.17) is 21.4 Å². The first kappa shape index (κ1) is 23.3. The lowest BCUT2D eigenvalue weighted by atomic mass is 10.1. The number of nitrogens with one attached hydrogen (secondary N) is 1. The largest absolute Gasteiger partial charge is 0.481 e. The van der Waals surface area contributed by atoms with Crippen LogP contribution >= 0.6 is 11.6 Å². The van der Waals surface area contributed by atoms with E-state index >= 15 is 0 Å². The van der Waals surface area contributed by atoms with E-state index in [1.165, 1.54) is 12.3 Å². The number of hydrogen-bond acceptors (Lipinski definition) is 6. The Kier molecular flexibility index (Phi) is 7.88. The van der Waals surface area contributed by atoms with Crippen LogP contribution in [0.1, 0.15) is 30.1 Å². The number of ether oxygens (including phenoxy) is 1. The molecule has 0 bridgehead atoms. The molecule has 1 aromatic heterocycles. The van der Waals surface area contributed by atoms with Gasteiger partial charge in [0.2, 0.25) is 0 Å². The maximum absolute atomic E-state index is 12.7. The second-order valence-electron chi connectivity index (χ2n) is 7.27. The number of halogens is 1. The summed E-state index contributed by atoms with van der Waals surface area (Å²) in [5, 5.41) is 12.3. The predicted molar refractivity (Wildman–Crippen MR) is 120 cm³/mol. The number of nitrogens with zero attached hydrogens (tertiary/aromatic N) is 3. The number of aromatic nitrogens is 1. The minimum atomic E-state index is -0.924. The minimum Gasteiger partial charge on any atom is -0.481 e. The van der Waals surface area contributed by atoms with Gasteiger partial charge in [0.1, 0.15) is 5.82 Å². The number of rotatable bonds is 7. The lowest BCUT2D eigenvalue weighted by Gasteiger charge is -2.42. The number of carboxylic acid groups (broad SMARTS) is 1. The molecule has 3 rings (SSSR count). The number of anilines is 2. The van der Waals surface area contributed by atoms with Crippen LogP contribution in [0.3, 0.4) is 0 Å². The molecule has 2 heterocycles. The zero-order valence-electron chi connectivity index (χ0n) is 17.7. The number of amides is 2. The quantitative estimate of drug-likeness (QED) is 0.608. The summed E-state index contributed by atoms with van der Waals surface area (Å²) in [6.07, 6.45) is 1.64. The van der Waals surface area contributed by atoms with Crippen molar-refractivity contribution < 1.29 is 24.2 Å². The van der Waals surface area contributed by atoms with Crippen LogP contribution in [0.15, 0.2) is 42.6 Å². The molecule has 0 spiro atoms. The van der Waals surface area contributed by atoms with Gasteiger partial charge in [0.15, 0.2) is 0 Å². The van der Waals surface area contributed by atoms with Crippen LogP contribution in [0.2, 0.25) is 5.02 Å². The Bertz CT molecular complexity index is 972. The fourth-order valence-electron chi connectivity index (χ4n) is 3.55. The molecular weight excluding hydrogens is 436 g/mol. The number of pyridine rings is 1. The van der Waals surface area contributed by atoms with E-state index in [1.807, 2.05) is 23.1 Å². The van der Waals surface area contributed by atoms with Crippen LogP contribution in [-0.2, 0) is 9.53 Å². The summed E-state index contributed by atoms with van der Waals surface area (Å²) < 4.78 is 4.98.